The maximum Gasteiger partial charge on any atom is 0.338 e. The van der Waals surface area contributed by atoms with Crippen LogP contribution in [0.4, 0.5) is 0 Å². The fourth-order valence-electron chi connectivity index (χ4n) is 6.24. The number of esters is 1. The Kier molecular flexibility index (Phi) is 8.56. The van der Waals surface area contributed by atoms with Gasteiger partial charge in [0.25, 0.3) is 5.56 Å². The van der Waals surface area contributed by atoms with Gasteiger partial charge in [0.2, 0.25) is 0 Å². The number of aryl methyl sites for hydroxylation is 1. The first-order valence-corrected chi connectivity index (χ1v) is 16.9. The summed E-state index contributed by atoms with van der Waals surface area (Å²) in [5.74, 6) is -0.521. The Labute approximate surface area is 287 Å². The second kappa shape index (κ2) is 13.1. The number of benzene rings is 4. The highest BCUT2D eigenvalue weighted by atomic mass is 35.5. The molecule has 1 aliphatic rings. The highest BCUT2D eigenvalue weighted by Crippen LogP contribution is 2.37. The van der Waals surface area contributed by atoms with Gasteiger partial charge in [-0.25, -0.2) is 9.79 Å². The molecule has 0 amide bonds. The van der Waals surface area contributed by atoms with E-state index in [0.29, 0.717) is 31.2 Å². The molecule has 238 valence electrons. The number of ether oxygens (including phenoxy) is 1. The number of carbonyl (C=O) groups is 1. The van der Waals surface area contributed by atoms with Gasteiger partial charge in [0.15, 0.2) is 4.80 Å². The first kappa shape index (κ1) is 31.4. The van der Waals surface area contributed by atoms with E-state index in [1.807, 2.05) is 60.7 Å². The van der Waals surface area contributed by atoms with Gasteiger partial charge in [-0.2, -0.15) is 0 Å². The Bertz CT molecular complexity index is 2370. The number of hydrogen-bond acceptors (Lipinski definition) is 5. The van der Waals surface area contributed by atoms with Crippen LogP contribution in [0.5, 0.6) is 0 Å². The molecule has 0 N–H and O–H groups in total. The highest BCUT2D eigenvalue weighted by molar-refractivity contribution is 7.07. The summed E-state index contributed by atoms with van der Waals surface area (Å²) >= 11 is 8.01. The Balaban J connectivity index is 1.52. The van der Waals surface area contributed by atoms with E-state index in [-0.39, 0.29) is 12.2 Å². The van der Waals surface area contributed by atoms with Crippen molar-refractivity contribution in [1.82, 2.24) is 9.13 Å². The Morgan fingerprint density at radius 3 is 2.21 bits per heavy atom. The van der Waals surface area contributed by atoms with Gasteiger partial charge in [0.05, 0.1) is 33.8 Å². The van der Waals surface area contributed by atoms with Gasteiger partial charge >= 0.3 is 5.97 Å². The predicted octanol–water partition coefficient (Wildman–Crippen LogP) is 7.88. The van der Waals surface area contributed by atoms with Crippen molar-refractivity contribution in [2.75, 3.05) is 6.61 Å². The van der Waals surface area contributed by atoms with E-state index in [1.54, 1.807) is 24.5 Å². The van der Waals surface area contributed by atoms with Crippen LogP contribution in [0.15, 0.2) is 136 Å². The number of allylic oxidation sites excluding steroid dienone is 1. The maximum atomic E-state index is 14.5. The van der Waals surface area contributed by atoms with Crippen LogP contribution in [-0.4, -0.2) is 21.7 Å². The minimum Gasteiger partial charge on any atom is -0.463 e. The molecule has 0 bridgehead atoms. The zero-order chi connectivity index (χ0) is 33.4. The van der Waals surface area contributed by atoms with Crippen LogP contribution in [-0.2, 0) is 9.53 Å². The normalized spacial score (nSPS) is 14.5. The van der Waals surface area contributed by atoms with E-state index < -0.39 is 12.0 Å². The van der Waals surface area contributed by atoms with Crippen molar-refractivity contribution in [3.05, 3.63) is 168 Å². The van der Waals surface area contributed by atoms with Crippen molar-refractivity contribution >= 4 is 35.0 Å². The summed E-state index contributed by atoms with van der Waals surface area (Å²) in [7, 11) is 0. The quantitative estimate of drug-likeness (QED) is 0.163. The fraction of sp³-hybridized carbons (Fsp3) is 0.125. The minimum atomic E-state index is -0.790. The molecule has 0 aliphatic carbocycles. The first-order chi connectivity index (χ1) is 23.4. The van der Waals surface area contributed by atoms with Gasteiger partial charge in [0, 0.05) is 16.3 Å². The number of fused-ring (bicyclic) bond motifs is 1. The summed E-state index contributed by atoms with van der Waals surface area (Å²) in [6.45, 7) is 5.80. The minimum absolute atomic E-state index is 0.194. The van der Waals surface area contributed by atoms with Crippen molar-refractivity contribution in [1.29, 1.82) is 0 Å². The maximum absolute atomic E-state index is 14.5. The lowest BCUT2D eigenvalue weighted by Gasteiger charge is -2.25. The number of nitrogens with zero attached hydrogens (tertiary/aromatic N) is 3. The lowest BCUT2D eigenvalue weighted by atomic mass is 9.96. The van der Waals surface area contributed by atoms with Crippen LogP contribution in [0.1, 0.15) is 36.6 Å². The van der Waals surface area contributed by atoms with E-state index in [0.717, 1.165) is 33.8 Å². The Hall–Kier alpha value is -5.24. The molecule has 2 aromatic heterocycles. The molecule has 0 saturated heterocycles. The molecule has 3 heterocycles. The first-order valence-electron chi connectivity index (χ1n) is 15.7. The number of rotatable bonds is 7. The summed E-state index contributed by atoms with van der Waals surface area (Å²) in [6, 6.07) is 37.5. The molecule has 0 radical (unpaired) electrons. The van der Waals surface area contributed by atoms with Crippen molar-refractivity contribution in [2.24, 2.45) is 4.99 Å². The molecule has 48 heavy (non-hydrogen) atoms. The number of aromatic nitrogens is 2. The van der Waals surface area contributed by atoms with Gasteiger partial charge in [0.1, 0.15) is 6.04 Å². The zero-order valence-corrected chi connectivity index (χ0v) is 28.3. The molecule has 0 unspecified atom stereocenters. The zero-order valence-electron chi connectivity index (χ0n) is 26.7. The fourth-order valence-corrected chi connectivity index (χ4v) is 7.52. The molecule has 0 saturated carbocycles. The summed E-state index contributed by atoms with van der Waals surface area (Å²) in [5.41, 5.74) is 8.21. The van der Waals surface area contributed by atoms with Crippen LogP contribution < -0.4 is 14.9 Å². The Morgan fingerprint density at radius 2 is 1.54 bits per heavy atom. The molecule has 7 rings (SSSR count). The largest absolute Gasteiger partial charge is 0.463 e. The van der Waals surface area contributed by atoms with Gasteiger partial charge in [-0.3, -0.25) is 9.36 Å². The summed E-state index contributed by atoms with van der Waals surface area (Å²) in [6.07, 6.45) is 1.94. The van der Waals surface area contributed by atoms with Crippen molar-refractivity contribution in [3.8, 4) is 28.2 Å². The SMILES string of the molecule is CCOC(=O)C1=C(C)N=c2s/c(=C\c3cc(-c4ccccc4)n(-c4ccc(C)cc4)c3-c3ccccc3)c(=O)n2[C@@H]1c1ccccc1Cl. The molecule has 4 aromatic carbocycles. The number of hydrogen-bond donors (Lipinski definition) is 0. The average Bonchev–Trinajstić information content (AvgIpc) is 3.62. The molecule has 6 nitrogen and oxygen atoms in total. The third-order valence-electron chi connectivity index (χ3n) is 8.44. The van der Waals surface area contributed by atoms with Crippen LogP contribution in [0.2, 0.25) is 5.02 Å². The third-order valence-corrected chi connectivity index (χ3v) is 9.77. The molecular weight excluding hydrogens is 638 g/mol. The van der Waals surface area contributed by atoms with Crippen LogP contribution >= 0.6 is 22.9 Å². The summed E-state index contributed by atoms with van der Waals surface area (Å²) in [4.78, 5) is 33.1. The Morgan fingerprint density at radius 1 is 0.896 bits per heavy atom. The molecule has 0 fully saturated rings. The smallest absolute Gasteiger partial charge is 0.338 e. The number of thiazole rings is 1. The molecule has 8 heteroatoms. The predicted molar refractivity (Wildman–Crippen MR) is 193 cm³/mol. The average molecular weight is 670 g/mol. The number of carbonyl (C=O) groups excluding carboxylic acids is 1. The van der Waals surface area contributed by atoms with E-state index >= 15 is 0 Å². The summed E-state index contributed by atoms with van der Waals surface area (Å²) in [5, 5.41) is 0.447. The lowest BCUT2D eigenvalue weighted by molar-refractivity contribution is -0.139. The van der Waals surface area contributed by atoms with Crippen LogP contribution in [0.25, 0.3) is 34.3 Å². The molecular formula is C40H32ClN3O3S. The molecule has 1 aliphatic heterocycles. The van der Waals surface area contributed by atoms with Gasteiger partial charge < -0.3 is 9.30 Å². The van der Waals surface area contributed by atoms with Crippen molar-refractivity contribution < 1.29 is 9.53 Å². The monoisotopic (exact) mass is 669 g/mol. The second-order valence-electron chi connectivity index (χ2n) is 11.6. The van der Waals surface area contributed by atoms with E-state index in [2.05, 4.69) is 66.1 Å². The molecule has 0 spiro atoms. The summed E-state index contributed by atoms with van der Waals surface area (Å²) < 4.78 is 9.77. The third kappa shape index (κ3) is 5.65. The van der Waals surface area contributed by atoms with Crippen molar-refractivity contribution in [2.45, 2.75) is 26.8 Å². The standard InChI is InChI=1S/C40H32ClN3O3S/c1-4-47-39(46)35-26(3)42-40-44(37(35)31-17-11-12-18-32(31)41)38(45)34(48-40)24-29-23-33(27-13-7-5-8-14-27)43(30-21-19-25(2)20-22-30)36(29)28-15-9-6-10-16-28/h5-24,37H,4H2,1-3H3/b34-24-/t37-/m1/s1. The van der Waals surface area contributed by atoms with E-state index in [1.165, 1.54) is 16.9 Å². The molecule has 6 aromatic rings. The topological polar surface area (TPSA) is 65.6 Å². The number of halogens is 1. The van der Waals surface area contributed by atoms with E-state index in [9.17, 15) is 9.59 Å². The van der Waals surface area contributed by atoms with Crippen LogP contribution in [0.3, 0.4) is 0 Å². The van der Waals surface area contributed by atoms with Gasteiger partial charge in [-0.15, -0.1) is 0 Å². The van der Waals surface area contributed by atoms with Gasteiger partial charge in [-0.1, -0.05) is 119 Å². The van der Waals surface area contributed by atoms with Crippen LogP contribution in [0, 0.1) is 6.92 Å². The lowest BCUT2D eigenvalue weighted by Crippen LogP contribution is -2.40. The van der Waals surface area contributed by atoms with Crippen molar-refractivity contribution in [3.63, 3.8) is 0 Å². The van der Waals surface area contributed by atoms with Gasteiger partial charge in [-0.05, 0) is 67.8 Å². The highest BCUT2D eigenvalue weighted by Gasteiger charge is 2.34. The van der Waals surface area contributed by atoms with E-state index in [4.69, 9.17) is 21.3 Å². The second-order valence-corrected chi connectivity index (χ2v) is 13.0. The molecule has 1 atom stereocenters.